The summed E-state index contributed by atoms with van der Waals surface area (Å²) >= 11 is 1.85. The molecule has 0 spiro atoms. The predicted molar refractivity (Wildman–Crippen MR) is 187 cm³/mol. The number of nitrogens with zero attached hydrogens (tertiary/aromatic N) is 1. The molecule has 0 saturated carbocycles. The summed E-state index contributed by atoms with van der Waals surface area (Å²) in [6.45, 7) is 0. The fourth-order valence-corrected chi connectivity index (χ4v) is 8.57. The van der Waals surface area contributed by atoms with Gasteiger partial charge in [0.1, 0.15) is 0 Å². The van der Waals surface area contributed by atoms with Crippen LogP contribution in [0.15, 0.2) is 140 Å². The highest BCUT2D eigenvalue weighted by Crippen LogP contribution is 2.45. The number of aromatic nitrogens is 1. The van der Waals surface area contributed by atoms with Gasteiger partial charge in [-0.15, -0.1) is 11.3 Å². The first-order valence-corrected chi connectivity index (χ1v) is 15.5. The van der Waals surface area contributed by atoms with Gasteiger partial charge in [-0.3, -0.25) is 0 Å². The highest BCUT2D eigenvalue weighted by molar-refractivity contribution is 7.26. The minimum atomic E-state index is 0.994. The number of fused-ring (bicyclic) bond motifs is 9. The maximum atomic E-state index is 5.26. The summed E-state index contributed by atoms with van der Waals surface area (Å²) in [5.74, 6) is 0. The number of hydrogen-bond acceptors (Lipinski definition) is 2. The van der Waals surface area contributed by atoms with E-state index in [0.717, 1.165) is 17.0 Å². The number of rotatable bonds is 2. The van der Waals surface area contributed by atoms with Crippen molar-refractivity contribution in [3.63, 3.8) is 0 Å². The molecular formula is C41H23NS. The summed E-state index contributed by atoms with van der Waals surface area (Å²) in [4.78, 5) is 5.26. The van der Waals surface area contributed by atoms with Crippen LogP contribution in [0.4, 0.5) is 0 Å². The van der Waals surface area contributed by atoms with Gasteiger partial charge >= 0.3 is 0 Å². The van der Waals surface area contributed by atoms with Crippen molar-refractivity contribution in [1.29, 1.82) is 0 Å². The quantitative estimate of drug-likeness (QED) is 0.151. The lowest BCUT2D eigenvalue weighted by Gasteiger charge is -2.18. The van der Waals surface area contributed by atoms with Crippen molar-refractivity contribution >= 4 is 85.4 Å². The normalized spacial score (nSPS) is 12.2. The molecule has 0 aliphatic rings. The molecule has 0 N–H and O–H groups in total. The van der Waals surface area contributed by atoms with Gasteiger partial charge in [0.05, 0.1) is 11.4 Å². The third-order valence-electron chi connectivity index (χ3n) is 9.21. The third-order valence-corrected chi connectivity index (χ3v) is 10.4. The van der Waals surface area contributed by atoms with E-state index in [9.17, 15) is 0 Å². The Labute approximate surface area is 251 Å². The molecule has 43 heavy (non-hydrogen) atoms. The first-order valence-electron chi connectivity index (χ1n) is 14.7. The van der Waals surface area contributed by atoms with Gasteiger partial charge in [-0.1, -0.05) is 115 Å². The first-order chi connectivity index (χ1) is 21.3. The maximum Gasteiger partial charge on any atom is 0.0723 e. The van der Waals surface area contributed by atoms with Gasteiger partial charge in [-0.25, -0.2) is 4.98 Å². The number of hydrogen-bond donors (Lipinski definition) is 0. The van der Waals surface area contributed by atoms with Crippen molar-refractivity contribution in [2.45, 2.75) is 0 Å². The van der Waals surface area contributed by atoms with E-state index in [4.69, 9.17) is 4.98 Å². The van der Waals surface area contributed by atoms with Crippen LogP contribution in [0.5, 0.6) is 0 Å². The van der Waals surface area contributed by atoms with Crippen LogP contribution in [-0.2, 0) is 0 Å². The molecule has 0 atom stereocenters. The molecule has 2 heterocycles. The Kier molecular flexibility index (Phi) is 4.66. The summed E-state index contributed by atoms with van der Waals surface area (Å²) in [6, 6.07) is 51.0. The average Bonchev–Trinajstić information content (AvgIpc) is 3.47. The van der Waals surface area contributed by atoms with Gasteiger partial charge in [0, 0.05) is 31.3 Å². The fourth-order valence-electron chi connectivity index (χ4n) is 7.35. The lowest BCUT2D eigenvalue weighted by Crippen LogP contribution is -1.91. The molecule has 0 saturated heterocycles. The van der Waals surface area contributed by atoms with Crippen LogP contribution in [0.1, 0.15) is 0 Å². The van der Waals surface area contributed by atoms with Crippen molar-refractivity contribution in [1.82, 2.24) is 4.98 Å². The van der Waals surface area contributed by atoms with Crippen LogP contribution in [-0.4, -0.2) is 4.98 Å². The second-order valence-electron chi connectivity index (χ2n) is 11.5. The Morgan fingerprint density at radius 2 is 0.907 bits per heavy atom. The van der Waals surface area contributed by atoms with Crippen LogP contribution in [0.25, 0.3) is 96.5 Å². The Hall–Kier alpha value is -5.31. The zero-order valence-corrected chi connectivity index (χ0v) is 24.0. The molecule has 0 aliphatic heterocycles. The molecule has 1 nitrogen and oxygen atoms in total. The van der Waals surface area contributed by atoms with Crippen LogP contribution >= 0.6 is 11.3 Å². The highest BCUT2D eigenvalue weighted by Gasteiger charge is 2.17. The average molecular weight is 562 g/mol. The number of thiophene rings is 1. The molecule has 0 bridgehead atoms. The van der Waals surface area contributed by atoms with E-state index in [0.29, 0.717) is 0 Å². The largest absolute Gasteiger partial charge is 0.248 e. The van der Waals surface area contributed by atoms with E-state index in [-0.39, 0.29) is 0 Å². The predicted octanol–water partition coefficient (Wildman–Crippen LogP) is 12.0. The van der Waals surface area contributed by atoms with E-state index >= 15 is 0 Å². The highest BCUT2D eigenvalue weighted by atomic mass is 32.1. The zero-order chi connectivity index (χ0) is 28.1. The van der Waals surface area contributed by atoms with Gasteiger partial charge in [-0.05, 0) is 78.1 Å². The Balaban J connectivity index is 1.23. The van der Waals surface area contributed by atoms with Crippen molar-refractivity contribution in [3.8, 4) is 22.5 Å². The minimum Gasteiger partial charge on any atom is -0.248 e. The van der Waals surface area contributed by atoms with Gasteiger partial charge in [0.25, 0.3) is 0 Å². The number of pyridine rings is 1. The second kappa shape index (κ2) is 8.61. The van der Waals surface area contributed by atoms with Gasteiger partial charge in [0.2, 0.25) is 0 Å². The van der Waals surface area contributed by atoms with Crippen LogP contribution < -0.4 is 0 Å². The Bertz CT molecular complexity index is 2730. The van der Waals surface area contributed by atoms with E-state index in [2.05, 4.69) is 140 Å². The standard InChI is InChI=1S/C41H23NS/c1-2-10-26-25(9-1)29-12-5-14-31-27-22-21-24(23-35(27)32-15-6-13-30(26)40(32)39(29)31)36-18-8-19-37(42-36)34-17-7-16-33-28-11-3-4-20-38(28)43-41(33)34/h1-23H. The molecule has 0 amide bonds. The summed E-state index contributed by atoms with van der Waals surface area (Å²) in [5.41, 5.74) is 4.33. The smallest absolute Gasteiger partial charge is 0.0723 e. The second-order valence-corrected chi connectivity index (χ2v) is 12.5. The molecule has 10 rings (SSSR count). The number of benzene rings is 8. The van der Waals surface area contributed by atoms with Crippen molar-refractivity contribution in [2.24, 2.45) is 0 Å². The fraction of sp³-hybridized carbons (Fsp3) is 0. The van der Waals surface area contributed by atoms with Gasteiger partial charge in [0.15, 0.2) is 0 Å². The summed E-state index contributed by atoms with van der Waals surface area (Å²) in [7, 11) is 0. The summed E-state index contributed by atoms with van der Waals surface area (Å²) in [6.07, 6.45) is 0. The van der Waals surface area contributed by atoms with E-state index < -0.39 is 0 Å². The van der Waals surface area contributed by atoms with Crippen LogP contribution in [0, 0.1) is 0 Å². The molecule has 10 aromatic rings. The SMILES string of the molecule is c1cc(-c2ccc3c(c2)c2cccc4c5ccccc5c5cccc3c5c42)nc(-c2cccc3c2sc2ccccc23)c1. The molecule has 8 aromatic carbocycles. The lowest BCUT2D eigenvalue weighted by atomic mass is 9.86. The van der Waals surface area contributed by atoms with Crippen molar-refractivity contribution in [2.75, 3.05) is 0 Å². The molecule has 0 fully saturated rings. The van der Waals surface area contributed by atoms with E-state index in [1.807, 2.05) is 11.3 Å². The van der Waals surface area contributed by atoms with E-state index in [1.165, 1.54) is 79.6 Å². The van der Waals surface area contributed by atoms with Crippen molar-refractivity contribution < 1.29 is 0 Å². The summed E-state index contributed by atoms with van der Waals surface area (Å²) in [5, 5.41) is 15.8. The molecule has 0 radical (unpaired) electrons. The zero-order valence-electron chi connectivity index (χ0n) is 23.1. The molecule has 0 unspecified atom stereocenters. The van der Waals surface area contributed by atoms with Gasteiger partial charge < -0.3 is 0 Å². The molecule has 2 heteroatoms. The lowest BCUT2D eigenvalue weighted by molar-refractivity contribution is 1.33. The maximum absolute atomic E-state index is 5.26. The Morgan fingerprint density at radius 1 is 0.372 bits per heavy atom. The van der Waals surface area contributed by atoms with Crippen LogP contribution in [0.2, 0.25) is 0 Å². The van der Waals surface area contributed by atoms with Gasteiger partial charge in [-0.2, -0.15) is 0 Å². The first kappa shape index (κ1) is 23.3. The Morgan fingerprint density at radius 3 is 1.65 bits per heavy atom. The minimum absolute atomic E-state index is 0.994. The molecule has 198 valence electrons. The molecule has 2 aromatic heterocycles. The molecule has 0 aliphatic carbocycles. The molecular weight excluding hydrogens is 539 g/mol. The van der Waals surface area contributed by atoms with Crippen LogP contribution in [0.3, 0.4) is 0 Å². The van der Waals surface area contributed by atoms with Crippen molar-refractivity contribution in [3.05, 3.63) is 140 Å². The monoisotopic (exact) mass is 561 g/mol. The summed E-state index contributed by atoms with van der Waals surface area (Å²) < 4.78 is 2.61. The van der Waals surface area contributed by atoms with E-state index in [1.54, 1.807) is 0 Å². The third kappa shape index (κ3) is 3.19. The topological polar surface area (TPSA) is 12.9 Å².